The lowest BCUT2D eigenvalue weighted by Gasteiger charge is -2.10. The number of rotatable bonds is 6. The summed E-state index contributed by atoms with van der Waals surface area (Å²) in [6.07, 6.45) is 0. The van der Waals surface area contributed by atoms with Crippen molar-refractivity contribution < 1.29 is 14.2 Å². The highest BCUT2D eigenvalue weighted by Gasteiger charge is 2.02. The van der Waals surface area contributed by atoms with Crippen LogP contribution in [-0.4, -0.2) is 20.3 Å². The van der Waals surface area contributed by atoms with Gasteiger partial charge in [0.1, 0.15) is 30.5 Å². The zero-order chi connectivity index (χ0) is 15.1. The van der Waals surface area contributed by atoms with Gasteiger partial charge in [0.15, 0.2) is 0 Å². The lowest BCUT2D eigenvalue weighted by Crippen LogP contribution is -2.09. The molecule has 0 aliphatic heterocycles. The molecule has 0 atom stereocenters. The minimum atomic E-state index is 0.418. The molecule has 0 radical (unpaired) electrons. The fourth-order valence-electron chi connectivity index (χ4n) is 1.81. The molecule has 0 aliphatic rings. The van der Waals surface area contributed by atoms with E-state index in [0.717, 1.165) is 17.1 Å². The van der Waals surface area contributed by atoms with Crippen molar-refractivity contribution >= 4 is 0 Å². The normalized spacial score (nSPS) is 9.76. The monoisotopic (exact) mass is 283 g/mol. The number of hydrogen-bond acceptors (Lipinski definition) is 4. The van der Waals surface area contributed by atoms with Crippen LogP contribution in [0.3, 0.4) is 0 Å². The Hall–Kier alpha value is -2.67. The van der Waals surface area contributed by atoms with E-state index in [-0.39, 0.29) is 0 Å². The molecule has 2 aromatic rings. The molecule has 0 amide bonds. The van der Waals surface area contributed by atoms with Gasteiger partial charge in [-0.15, -0.1) is 0 Å². The smallest absolute Gasteiger partial charge is 0.123 e. The van der Waals surface area contributed by atoms with Gasteiger partial charge in [-0.2, -0.15) is 5.26 Å². The minimum Gasteiger partial charge on any atom is -0.497 e. The molecule has 2 rings (SSSR count). The number of ether oxygens (including phenoxy) is 3. The molecule has 0 heterocycles. The molecule has 0 aliphatic carbocycles. The average Bonchev–Trinajstić information content (AvgIpc) is 2.53. The fourth-order valence-corrected chi connectivity index (χ4v) is 1.81. The third-order valence-corrected chi connectivity index (χ3v) is 2.99. The first-order chi connectivity index (χ1) is 10.2. The van der Waals surface area contributed by atoms with Gasteiger partial charge in [0.25, 0.3) is 0 Å². The molecular formula is C17H17NO3. The number of aryl methyl sites for hydroxylation is 1. The maximum absolute atomic E-state index is 8.88. The molecule has 0 spiro atoms. The standard InChI is InChI=1S/C17H17NO3/c1-13-3-4-14(12-18)11-17(13)21-10-9-20-16-7-5-15(19-2)6-8-16/h3-8,11H,9-10H2,1-2H3. The highest BCUT2D eigenvalue weighted by Crippen LogP contribution is 2.20. The molecule has 4 nitrogen and oxygen atoms in total. The van der Waals surface area contributed by atoms with Crippen LogP contribution in [0.4, 0.5) is 0 Å². The molecule has 21 heavy (non-hydrogen) atoms. The Kier molecular flexibility index (Phi) is 5.05. The van der Waals surface area contributed by atoms with Crippen LogP contribution < -0.4 is 14.2 Å². The number of hydrogen-bond donors (Lipinski definition) is 0. The lowest BCUT2D eigenvalue weighted by molar-refractivity contribution is 0.216. The van der Waals surface area contributed by atoms with Gasteiger partial charge < -0.3 is 14.2 Å². The molecular weight excluding hydrogens is 266 g/mol. The van der Waals surface area contributed by atoms with Gasteiger partial charge in [-0.05, 0) is 48.9 Å². The summed E-state index contributed by atoms with van der Waals surface area (Å²) in [6, 6.07) is 14.9. The molecule has 0 unspecified atom stereocenters. The van der Waals surface area contributed by atoms with Crippen LogP contribution >= 0.6 is 0 Å². The summed E-state index contributed by atoms with van der Waals surface area (Å²) in [4.78, 5) is 0. The fraction of sp³-hybridized carbons (Fsp3) is 0.235. The van der Waals surface area contributed by atoms with E-state index in [2.05, 4.69) is 6.07 Å². The van der Waals surface area contributed by atoms with E-state index in [4.69, 9.17) is 19.5 Å². The zero-order valence-electron chi connectivity index (χ0n) is 12.1. The first kappa shape index (κ1) is 14.7. The Morgan fingerprint density at radius 2 is 1.62 bits per heavy atom. The molecule has 4 heteroatoms. The van der Waals surface area contributed by atoms with Crippen molar-refractivity contribution in [1.29, 1.82) is 5.26 Å². The van der Waals surface area contributed by atoms with Gasteiger partial charge in [-0.3, -0.25) is 0 Å². The summed E-state index contributed by atoms with van der Waals surface area (Å²) in [5, 5.41) is 8.88. The second kappa shape index (κ2) is 7.20. The van der Waals surface area contributed by atoms with Crippen molar-refractivity contribution in [2.75, 3.05) is 20.3 Å². The number of nitrogens with zero attached hydrogens (tertiary/aromatic N) is 1. The summed E-state index contributed by atoms with van der Waals surface area (Å²) < 4.78 is 16.3. The van der Waals surface area contributed by atoms with E-state index in [9.17, 15) is 0 Å². The zero-order valence-corrected chi connectivity index (χ0v) is 12.1. The van der Waals surface area contributed by atoms with Crippen LogP contribution in [-0.2, 0) is 0 Å². The predicted octanol–water partition coefficient (Wildman–Crippen LogP) is 3.33. The highest BCUT2D eigenvalue weighted by atomic mass is 16.5. The quantitative estimate of drug-likeness (QED) is 0.763. The van der Waals surface area contributed by atoms with Crippen molar-refractivity contribution in [1.82, 2.24) is 0 Å². The van der Waals surface area contributed by atoms with Crippen molar-refractivity contribution in [2.24, 2.45) is 0 Å². The Balaban J connectivity index is 1.83. The van der Waals surface area contributed by atoms with E-state index in [0.29, 0.717) is 24.5 Å². The summed E-state index contributed by atoms with van der Waals surface area (Å²) >= 11 is 0. The SMILES string of the molecule is COc1ccc(OCCOc2cc(C#N)ccc2C)cc1. The molecule has 0 saturated carbocycles. The number of nitriles is 1. The predicted molar refractivity (Wildman–Crippen MR) is 79.9 cm³/mol. The molecule has 0 saturated heterocycles. The van der Waals surface area contributed by atoms with Gasteiger partial charge >= 0.3 is 0 Å². The van der Waals surface area contributed by atoms with Crippen LogP contribution in [0.2, 0.25) is 0 Å². The summed E-state index contributed by atoms with van der Waals surface area (Å²) in [6.45, 7) is 2.80. The van der Waals surface area contributed by atoms with Crippen LogP contribution in [0.15, 0.2) is 42.5 Å². The van der Waals surface area contributed by atoms with Crippen LogP contribution in [0.1, 0.15) is 11.1 Å². The minimum absolute atomic E-state index is 0.418. The topological polar surface area (TPSA) is 51.5 Å². The maximum atomic E-state index is 8.88. The van der Waals surface area contributed by atoms with Crippen molar-refractivity contribution in [3.63, 3.8) is 0 Å². The average molecular weight is 283 g/mol. The third kappa shape index (κ3) is 4.15. The lowest BCUT2D eigenvalue weighted by atomic mass is 10.1. The van der Waals surface area contributed by atoms with Gasteiger partial charge in [0.2, 0.25) is 0 Å². The third-order valence-electron chi connectivity index (χ3n) is 2.99. The Bertz CT molecular complexity index is 629. The van der Waals surface area contributed by atoms with Crippen molar-refractivity contribution in [3.8, 4) is 23.3 Å². The molecule has 0 N–H and O–H groups in total. The second-order valence-electron chi connectivity index (χ2n) is 4.46. The Labute approximate surface area is 124 Å². The number of benzene rings is 2. The first-order valence-electron chi connectivity index (χ1n) is 6.63. The second-order valence-corrected chi connectivity index (χ2v) is 4.46. The van der Waals surface area contributed by atoms with E-state index in [1.54, 1.807) is 19.2 Å². The van der Waals surface area contributed by atoms with Gasteiger partial charge in [-0.1, -0.05) is 6.07 Å². The van der Waals surface area contributed by atoms with Crippen LogP contribution in [0.25, 0.3) is 0 Å². The van der Waals surface area contributed by atoms with E-state index >= 15 is 0 Å². The Morgan fingerprint density at radius 1 is 0.952 bits per heavy atom. The first-order valence-corrected chi connectivity index (χ1v) is 6.63. The molecule has 108 valence electrons. The highest BCUT2D eigenvalue weighted by molar-refractivity contribution is 5.41. The van der Waals surface area contributed by atoms with Crippen molar-refractivity contribution in [3.05, 3.63) is 53.6 Å². The molecule has 0 bridgehead atoms. The van der Waals surface area contributed by atoms with Crippen LogP contribution in [0, 0.1) is 18.3 Å². The number of methoxy groups -OCH3 is 1. The van der Waals surface area contributed by atoms with Crippen molar-refractivity contribution in [2.45, 2.75) is 6.92 Å². The van der Waals surface area contributed by atoms with E-state index < -0.39 is 0 Å². The Morgan fingerprint density at radius 3 is 2.29 bits per heavy atom. The van der Waals surface area contributed by atoms with Gasteiger partial charge in [0, 0.05) is 0 Å². The van der Waals surface area contributed by atoms with Crippen LogP contribution in [0.5, 0.6) is 17.2 Å². The largest absolute Gasteiger partial charge is 0.497 e. The summed E-state index contributed by atoms with van der Waals surface area (Å²) in [7, 11) is 1.63. The van der Waals surface area contributed by atoms with Gasteiger partial charge in [0.05, 0.1) is 18.7 Å². The van der Waals surface area contributed by atoms with E-state index in [1.807, 2.05) is 37.3 Å². The summed E-state index contributed by atoms with van der Waals surface area (Å²) in [5.41, 5.74) is 1.59. The van der Waals surface area contributed by atoms with Gasteiger partial charge in [-0.25, -0.2) is 0 Å². The summed E-state index contributed by atoms with van der Waals surface area (Å²) in [5.74, 6) is 2.27. The van der Waals surface area contributed by atoms with E-state index in [1.165, 1.54) is 0 Å². The maximum Gasteiger partial charge on any atom is 0.123 e. The molecule has 0 aromatic heterocycles. The molecule has 0 fully saturated rings. The molecule has 2 aromatic carbocycles.